The molecule has 0 atom stereocenters. The molecule has 0 radical (unpaired) electrons. The van der Waals surface area contributed by atoms with Gasteiger partial charge in [0.05, 0.1) is 4.90 Å². The zero-order valence-corrected chi connectivity index (χ0v) is 20.9. The van der Waals surface area contributed by atoms with Gasteiger partial charge in [-0.2, -0.15) is 0 Å². The summed E-state index contributed by atoms with van der Waals surface area (Å²) in [5.41, 5.74) is 5.37. The van der Waals surface area contributed by atoms with Crippen molar-refractivity contribution in [2.24, 2.45) is 0 Å². The lowest BCUT2D eigenvalue weighted by atomic mass is 9.95. The van der Waals surface area contributed by atoms with Gasteiger partial charge >= 0.3 is 0 Å². The predicted octanol–water partition coefficient (Wildman–Crippen LogP) is 3.90. The lowest BCUT2D eigenvalue weighted by molar-refractivity contribution is -0.116. The van der Waals surface area contributed by atoms with E-state index in [1.165, 1.54) is 0 Å². The van der Waals surface area contributed by atoms with Gasteiger partial charge in [-0.15, -0.1) is 0 Å². The Labute approximate surface area is 200 Å². The van der Waals surface area contributed by atoms with Crippen molar-refractivity contribution in [3.05, 3.63) is 76.2 Å². The summed E-state index contributed by atoms with van der Waals surface area (Å²) in [7, 11) is -3.77. The van der Waals surface area contributed by atoms with Crippen molar-refractivity contribution < 1.29 is 17.9 Å². The first kappa shape index (κ1) is 25.3. The summed E-state index contributed by atoms with van der Waals surface area (Å²) >= 11 is 0. The molecular formula is C25H30N4O4S. The summed E-state index contributed by atoms with van der Waals surface area (Å²) < 4.78 is 34.4. The number of aromatic nitrogens is 2. The molecule has 34 heavy (non-hydrogen) atoms. The molecule has 1 amide bonds. The Morgan fingerprint density at radius 1 is 0.912 bits per heavy atom. The number of nitrogens with one attached hydrogen (secondary N) is 2. The summed E-state index contributed by atoms with van der Waals surface area (Å²) in [5.74, 6) is 0.325. The molecular weight excluding hydrogens is 452 g/mol. The highest BCUT2D eigenvalue weighted by Gasteiger charge is 2.23. The average Bonchev–Trinajstić information content (AvgIpc) is 2.81. The molecule has 3 aromatic rings. The number of nitrogens with zero attached hydrogens (tertiary/aromatic N) is 2. The van der Waals surface area contributed by atoms with Crippen LogP contribution in [0.5, 0.6) is 5.75 Å². The van der Waals surface area contributed by atoms with Crippen LogP contribution >= 0.6 is 0 Å². The number of hydrogen-bond donors (Lipinski definition) is 2. The van der Waals surface area contributed by atoms with Crippen molar-refractivity contribution in [3.63, 3.8) is 0 Å². The molecule has 9 heteroatoms. The fourth-order valence-corrected chi connectivity index (χ4v) is 5.30. The fourth-order valence-electron chi connectivity index (χ4n) is 3.68. The van der Waals surface area contributed by atoms with Gasteiger partial charge in [-0.1, -0.05) is 0 Å². The third kappa shape index (κ3) is 5.78. The average molecular weight is 483 g/mol. The summed E-state index contributed by atoms with van der Waals surface area (Å²) in [5, 5.41) is 2.70. The number of anilines is 1. The van der Waals surface area contributed by atoms with Gasteiger partial charge < -0.3 is 10.1 Å². The highest BCUT2D eigenvalue weighted by atomic mass is 32.2. The maximum Gasteiger partial charge on any atom is 0.241 e. The van der Waals surface area contributed by atoms with E-state index < -0.39 is 10.0 Å². The van der Waals surface area contributed by atoms with E-state index in [9.17, 15) is 13.2 Å². The highest BCUT2D eigenvalue weighted by Crippen LogP contribution is 2.29. The van der Waals surface area contributed by atoms with E-state index >= 15 is 0 Å². The number of carbonyl (C=O) groups excluding carboxylic acids is 1. The van der Waals surface area contributed by atoms with Gasteiger partial charge in [0, 0.05) is 31.6 Å². The first-order valence-electron chi connectivity index (χ1n) is 10.9. The molecule has 0 aliphatic carbocycles. The van der Waals surface area contributed by atoms with Crippen molar-refractivity contribution >= 4 is 21.7 Å². The molecule has 0 aliphatic rings. The van der Waals surface area contributed by atoms with Gasteiger partial charge in [0.1, 0.15) is 6.61 Å². The Morgan fingerprint density at radius 2 is 1.53 bits per heavy atom. The number of hydrogen-bond acceptors (Lipinski definition) is 6. The van der Waals surface area contributed by atoms with Crippen molar-refractivity contribution in [1.29, 1.82) is 0 Å². The van der Waals surface area contributed by atoms with E-state index in [2.05, 4.69) is 20.0 Å². The Bertz CT molecular complexity index is 1260. The Hall–Kier alpha value is -3.30. The SMILES string of the molecule is Cc1c(C)c(C)c(S(=O)(=O)NCCC(=O)Nc2ncccc2OCc2ccncc2)c(C)c1C. The number of carbonyl (C=O) groups is 1. The van der Waals surface area contributed by atoms with Gasteiger partial charge in [-0.25, -0.2) is 18.1 Å². The van der Waals surface area contributed by atoms with Crippen LogP contribution in [0.25, 0.3) is 0 Å². The Morgan fingerprint density at radius 3 is 2.18 bits per heavy atom. The molecule has 0 fully saturated rings. The van der Waals surface area contributed by atoms with E-state index in [0.717, 1.165) is 33.4 Å². The van der Waals surface area contributed by atoms with Gasteiger partial charge in [-0.05, 0) is 92.3 Å². The van der Waals surface area contributed by atoms with Crippen LogP contribution in [0.3, 0.4) is 0 Å². The first-order valence-corrected chi connectivity index (χ1v) is 12.4. The second-order valence-corrected chi connectivity index (χ2v) is 9.85. The normalized spacial score (nSPS) is 11.3. The molecule has 0 bridgehead atoms. The maximum atomic E-state index is 13.0. The first-order chi connectivity index (χ1) is 16.1. The number of amides is 1. The third-order valence-corrected chi connectivity index (χ3v) is 7.75. The number of pyridine rings is 2. The van der Waals surface area contributed by atoms with E-state index in [1.54, 1.807) is 30.7 Å². The summed E-state index contributed by atoms with van der Waals surface area (Å²) in [6.07, 6.45) is 4.84. The second kappa shape index (κ2) is 10.8. The van der Waals surface area contributed by atoms with Gasteiger partial charge in [-0.3, -0.25) is 9.78 Å². The zero-order valence-electron chi connectivity index (χ0n) is 20.1. The Balaban J connectivity index is 1.62. The minimum absolute atomic E-state index is 0.0426. The van der Waals surface area contributed by atoms with E-state index in [4.69, 9.17) is 4.74 Å². The highest BCUT2D eigenvalue weighted by molar-refractivity contribution is 7.89. The van der Waals surface area contributed by atoms with Crippen LogP contribution in [-0.4, -0.2) is 30.8 Å². The van der Waals surface area contributed by atoms with Crippen molar-refractivity contribution in [2.45, 2.75) is 52.5 Å². The molecule has 0 aliphatic heterocycles. The van der Waals surface area contributed by atoms with E-state index in [0.29, 0.717) is 12.4 Å². The smallest absolute Gasteiger partial charge is 0.241 e. The van der Waals surface area contributed by atoms with Gasteiger partial charge in [0.15, 0.2) is 11.6 Å². The zero-order chi connectivity index (χ0) is 24.9. The second-order valence-electron chi connectivity index (χ2n) is 8.14. The number of ether oxygens (including phenoxy) is 1. The quantitative estimate of drug-likeness (QED) is 0.479. The van der Waals surface area contributed by atoms with Crippen LogP contribution in [-0.2, 0) is 21.4 Å². The summed E-state index contributed by atoms with van der Waals surface area (Å²) in [6, 6.07) is 7.09. The minimum atomic E-state index is -3.77. The molecule has 1 aromatic carbocycles. The topological polar surface area (TPSA) is 110 Å². The molecule has 180 valence electrons. The number of sulfonamides is 1. The largest absolute Gasteiger partial charge is 0.485 e. The van der Waals surface area contributed by atoms with Crippen LogP contribution in [0.15, 0.2) is 47.8 Å². The molecule has 2 N–H and O–H groups in total. The van der Waals surface area contributed by atoms with Crippen molar-refractivity contribution in [3.8, 4) is 5.75 Å². The molecule has 0 spiro atoms. The molecule has 3 rings (SSSR count). The standard InChI is InChI=1S/C25H30N4O4S/c1-16-17(2)19(4)24(20(5)18(16)3)34(31,32)28-14-10-23(30)29-25-22(7-6-11-27-25)33-15-21-8-12-26-13-9-21/h6-9,11-13,28H,10,14-15H2,1-5H3,(H,27,29,30). The van der Waals surface area contributed by atoms with Crippen molar-refractivity contribution in [1.82, 2.24) is 14.7 Å². The van der Waals surface area contributed by atoms with E-state index in [-0.39, 0.29) is 29.6 Å². The molecule has 0 unspecified atom stereocenters. The lowest BCUT2D eigenvalue weighted by Crippen LogP contribution is -2.29. The molecule has 2 aromatic heterocycles. The summed E-state index contributed by atoms with van der Waals surface area (Å²) in [6.45, 7) is 9.71. The van der Waals surface area contributed by atoms with Gasteiger partial charge in [0.2, 0.25) is 15.9 Å². The number of rotatable bonds is 9. The fraction of sp³-hybridized carbons (Fsp3) is 0.320. The van der Waals surface area contributed by atoms with Crippen LogP contribution < -0.4 is 14.8 Å². The van der Waals surface area contributed by atoms with Crippen LogP contribution in [0.2, 0.25) is 0 Å². The molecule has 0 saturated heterocycles. The van der Waals surface area contributed by atoms with Crippen LogP contribution in [0.1, 0.15) is 39.8 Å². The lowest BCUT2D eigenvalue weighted by Gasteiger charge is -2.19. The van der Waals surface area contributed by atoms with Crippen LogP contribution in [0.4, 0.5) is 5.82 Å². The minimum Gasteiger partial charge on any atom is -0.485 e. The molecule has 0 saturated carbocycles. The van der Waals surface area contributed by atoms with Crippen molar-refractivity contribution in [2.75, 3.05) is 11.9 Å². The molecule has 2 heterocycles. The Kier molecular flexibility index (Phi) is 8.01. The third-order valence-electron chi connectivity index (χ3n) is 6.02. The summed E-state index contributed by atoms with van der Waals surface area (Å²) in [4.78, 5) is 20.9. The number of benzene rings is 1. The van der Waals surface area contributed by atoms with Crippen LogP contribution in [0, 0.1) is 34.6 Å². The molecule has 8 nitrogen and oxygen atoms in total. The predicted molar refractivity (Wildman–Crippen MR) is 131 cm³/mol. The maximum absolute atomic E-state index is 13.0. The van der Waals surface area contributed by atoms with Gasteiger partial charge in [0.25, 0.3) is 0 Å². The monoisotopic (exact) mass is 482 g/mol. The van der Waals surface area contributed by atoms with E-state index in [1.807, 2.05) is 46.8 Å².